The first-order valence-corrected chi connectivity index (χ1v) is 20.1. The van der Waals surface area contributed by atoms with Crippen LogP contribution in [0.4, 0.5) is 0 Å². The molecule has 0 unspecified atom stereocenters. The van der Waals surface area contributed by atoms with Crippen LogP contribution in [0.3, 0.4) is 0 Å². The van der Waals surface area contributed by atoms with E-state index >= 15 is 0 Å². The third kappa shape index (κ3) is 7.31. The summed E-state index contributed by atoms with van der Waals surface area (Å²) in [4.78, 5) is 10.1. The maximum Gasteiger partial charge on any atom is 0.216 e. The second kappa shape index (κ2) is 14.0. The lowest BCUT2D eigenvalue weighted by Gasteiger charge is -2.23. The predicted octanol–water partition coefficient (Wildman–Crippen LogP) is 13.7. The Kier molecular flexibility index (Phi) is 9.76. The van der Waals surface area contributed by atoms with E-state index in [2.05, 4.69) is 173 Å². The standard InChI is InChI=1S/C50H59N3O2/c1-30(2)40-16-14-17-41(31(3)4)45(40)33-22-34(47-52-50(13,29-54-47)32(5)6)24-38(23-33)55-39-26-36(49(10,11)12)25-37(28-39)53-44-20-19-35(48(7,8)9)27-43(44)42-18-15-21-51-46(42)53/h14-28,30-32H,29H2,1-13H3/t50-/m0/s1. The van der Waals surface area contributed by atoms with Gasteiger partial charge in [-0.1, -0.05) is 107 Å². The summed E-state index contributed by atoms with van der Waals surface area (Å²) in [6, 6.07) is 31.0. The van der Waals surface area contributed by atoms with Crippen LogP contribution < -0.4 is 4.74 Å². The molecule has 5 nitrogen and oxygen atoms in total. The monoisotopic (exact) mass is 733 g/mol. The van der Waals surface area contributed by atoms with Crippen molar-refractivity contribution in [1.29, 1.82) is 0 Å². The number of nitrogens with zero attached hydrogens (tertiary/aromatic N) is 3. The van der Waals surface area contributed by atoms with Gasteiger partial charge in [0.1, 0.15) is 23.8 Å². The molecule has 3 heterocycles. The molecule has 5 heteroatoms. The lowest BCUT2D eigenvalue weighted by molar-refractivity contribution is 0.224. The van der Waals surface area contributed by atoms with Crippen LogP contribution in [0.15, 0.2) is 96.1 Å². The molecule has 7 rings (SSSR count). The highest BCUT2D eigenvalue weighted by atomic mass is 16.5. The van der Waals surface area contributed by atoms with Crippen LogP contribution in [0.2, 0.25) is 0 Å². The maximum absolute atomic E-state index is 7.06. The molecular weight excluding hydrogens is 675 g/mol. The fraction of sp³-hybridized carbons (Fsp3) is 0.400. The number of hydrogen-bond acceptors (Lipinski definition) is 4. The number of benzene rings is 4. The van der Waals surface area contributed by atoms with Crippen LogP contribution in [-0.2, 0) is 15.6 Å². The van der Waals surface area contributed by atoms with E-state index in [1.54, 1.807) is 0 Å². The number of aliphatic imine (C=N–C) groups is 1. The van der Waals surface area contributed by atoms with Crippen molar-refractivity contribution >= 4 is 27.8 Å². The molecule has 0 amide bonds. The molecule has 1 aliphatic heterocycles. The largest absolute Gasteiger partial charge is 0.475 e. The SMILES string of the molecule is CC(C)c1cccc(C(C)C)c1-c1cc(Oc2cc(-n3c4ccc(C(C)(C)C)cc4c4cccnc43)cc(C(C)(C)C)c2)cc(C2=N[C@](C)(C(C)C)CO2)c1. The van der Waals surface area contributed by atoms with Gasteiger partial charge in [-0.25, -0.2) is 9.98 Å². The van der Waals surface area contributed by atoms with Crippen LogP contribution in [0.25, 0.3) is 38.8 Å². The molecule has 2 aromatic heterocycles. The van der Waals surface area contributed by atoms with Gasteiger partial charge in [-0.3, -0.25) is 4.57 Å². The number of aromatic nitrogens is 2. The van der Waals surface area contributed by atoms with Crippen LogP contribution in [0.1, 0.15) is 130 Å². The average molecular weight is 734 g/mol. The average Bonchev–Trinajstić information content (AvgIpc) is 3.69. The third-order valence-corrected chi connectivity index (χ3v) is 11.6. The molecule has 1 atom stereocenters. The molecule has 4 aromatic carbocycles. The van der Waals surface area contributed by atoms with Gasteiger partial charge in [0.25, 0.3) is 0 Å². The van der Waals surface area contributed by atoms with E-state index in [0.717, 1.165) is 44.9 Å². The van der Waals surface area contributed by atoms with Crippen molar-refractivity contribution in [3.8, 4) is 28.3 Å². The topological polar surface area (TPSA) is 48.6 Å². The third-order valence-electron chi connectivity index (χ3n) is 11.6. The van der Waals surface area contributed by atoms with Gasteiger partial charge in [-0.2, -0.15) is 0 Å². The van der Waals surface area contributed by atoms with Crippen molar-refractivity contribution in [2.45, 2.75) is 118 Å². The van der Waals surface area contributed by atoms with E-state index in [1.807, 2.05) is 12.3 Å². The molecule has 0 fully saturated rings. The predicted molar refractivity (Wildman–Crippen MR) is 232 cm³/mol. The maximum atomic E-state index is 7.06. The van der Waals surface area contributed by atoms with Crippen molar-refractivity contribution in [2.75, 3.05) is 6.61 Å². The van der Waals surface area contributed by atoms with E-state index < -0.39 is 0 Å². The van der Waals surface area contributed by atoms with Gasteiger partial charge in [-0.05, 0) is 123 Å². The first-order valence-electron chi connectivity index (χ1n) is 20.1. The molecule has 1 aliphatic rings. The minimum atomic E-state index is -0.286. The zero-order valence-corrected chi connectivity index (χ0v) is 35.3. The molecule has 0 radical (unpaired) electrons. The molecular formula is C50H59N3O2. The Hall–Kier alpha value is -4.90. The molecule has 286 valence electrons. The minimum Gasteiger partial charge on any atom is -0.475 e. The highest BCUT2D eigenvalue weighted by Gasteiger charge is 2.36. The van der Waals surface area contributed by atoms with Gasteiger partial charge in [-0.15, -0.1) is 0 Å². The molecule has 0 N–H and O–H groups in total. The van der Waals surface area contributed by atoms with Gasteiger partial charge >= 0.3 is 0 Å². The van der Waals surface area contributed by atoms with Crippen LogP contribution >= 0.6 is 0 Å². The quantitative estimate of drug-likeness (QED) is 0.156. The van der Waals surface area contributed by atoms with Gasteiger partial charge < -0.3 is 9.47 Å². The summed E-state index contributed by atoms with van der Waals surface area (Å²) < 4.78 is 15.7. The van der Waals surface area contributed by atoms with Gasteiger partial charge in [0.2, 0.25) is 5.90 Å². The van der Waals surface area contributed by atoms with E-state index in [-0.39, 0.29) is 16.4 Å². The molecule has 0 saturated carbocycles. The summed E-state index contributed by atoms with van der Waals surface area (Å²) in [6.07, 6.45) is 1.89. The Bertz CT molecular complexity index is 2410. The highest BCUT2D eigenvalue weighted by molar-refractivity contribution is 6.08. The van der Waals surface area contributed by atoms with Crippen LogP contribution in [-0.4, -0.2) is 27.6 Å². The van der Waals surface area contributed by atoms with Crippen molar-refractivity contribution in [3.05, 3.63) is 119 Å². The van der Waals surface area contributed by atoms with E-state index in [9.17, 15) is 0 Å². The Morgan fingerprint density at radius 3 is 1.96 bits per heavy atom. The Morgan fingerprint density at radius 1 is 0.691 bits per heavy atom. The first kappa shape index (κ1) is 38.4. The lowest BCUT2D eigenvalue weighted by Crippen LogP contribution is -2.30. The number of pyridine rings is 1. The van der Waals surface area contributed by atoms with Crippen LogP contribution in [0.5, 0.6) is 11.5 Å². The highest BCUT2D eigenvalue weighted by Crippen LogP contribution is 2.42. The van der Waals surface area contributed by atoms with Crippen molar-refractivity contribution < 1.29 is 9.47 Å². The summed E-state index contributed by atoms with van der Waals surface area (Å²) in [6.45, 7) is 29.8. The summed E-state index contributed by atoms with van der Waals surface area (Å²) in [5.74, 6) is 3.22. The van der Waals surface area contributed by atoms with E-state index in [0.29, 0.717) is 30.3 Å². The molecule has 55 heavy (non-hydrogen) atoms. The fourth-order valence-corrected chi connectivity index (χ4v) is 7.68. The van der Waals surface area contributed by atoms with Crippen molar-refractivity contribution in [3.63, 3.8) is 0 Å². The summed E-state index contributed by atoms with van der Waals surface area (Å²) in [5, 5.41) is 2.34. The zero-order valence-electron chi connectivity index (χ0n) is 35.3. The molecule has 6 aromatic rings. The Balaban J connectivity index is 1.44. The number of rotatable bonds is 8. The number of hydrogen-bond donors (Lipinski definition) is 0. The molecule has 0 aliphatic carbocycles. The number of fused-ring (bicyclic) bond motifs is 3. The van der Waals surface area contributed by atoms with E-state index in [1.165, 1.54) is 33.2 Å². The Morgan fingerprint density at radius 2 is 1.35 bits per heavy atom. The second-order valence-corrected chi connectivity index (χ2v) is 18.8. The zero-order chi connectivity index (χ0) is 39.6. The molecule has 0 spiro atoms. The summed E-state index contributed by atoms with van der Waals surface area (Å²) in [5.41, 5.74) is 11.1. The van der Waals surface area contributed by atoms with Crippen molar-refractivity contribution in [2.24, 2.45) is 10.9 Å². The normalized spacial score (nSPS) is 16.5. The van der Waals surface area contributed by atoms with Gasteiger partial charge in [0, 0.05) is 28.6 Å². The van der Waals surface area contributed by atoms with Gasteiger partial charge in [0.05, 0.1) is 16.7 Å². The molecule has 0 bridgehead atoms. The first-order chi connectivity index (χ1) is 25.8. The summed E-state index contributed by atoms with van der Waals surface area (Å²) >= 11 is 0. The van der Waals surface area contributed by atoms with Crippen molar-refractivity contribution in [1.82, 2.24) is 9.55 Å². The minimum absolute atomic E-state index is 0.0273. The van der Waals surface area contributed by atoms with E-state index in [4.69, 9.17) is 19.5 Å². The van der Waals surface area contributed by atoms with Crippen LogP contribution in [0, 0.1) is 5.92 Å². The second-order valence-electron chi connectivity index (χ2n) is 18.8. The Labute approximate surface area is 328 Å². The fourth-order valence-electron chi connectivity index (χ4n) is 7.68. The number of ether oxygens (including phenoxy) is 2. The van der Waals surface area contributed by atoms with Gasteiger partial charge in [0.15, 0.2) is 0 Å². The lowest BCUT2D eigenvalue weighted by atomic mass is 9.84. The smallest absolute Gasteiger partial charge is 0.216 e. The summed E-state index contributed by atoms with van der Waals surface area (Å²) in [7, 11) is 0. The molecule has 0 saturated heterocycles.